The lowest BCUT2D eigenvalue weighted by atomic mass is 10.2. The maximum Gasteiger partial charge on any atom is 0.279 e. The Labute approximate surface area is 161 Å². The second-order valence-corrected chi connectivity index (χ2v) is 6.20. The van der Waals surface area contributed by atoms with Crippen LogP contribution < -0.4 is 20.5 Å². The summed E-state index contributed by atoms with van der Waals surface area (Å²) in [4.78, 5) is 26.8. The second kappa shape index (κ2) is 7.83. The lowest BCUT2D eigenvalue weighted by molar-refractivity contribution is 0.101. The SMILES string of the molecule is COc1ccccc1-n1nc(C(=O)Nc2ccc(N(C)C)cc2)c(O)cc1=O. The summed E-state index contributed by atoms with van der Waals surface area (Å²) in [5.41, 5.74) is 1.01. The molecule has 144 valence electrons. The van der Waals surface area contributed by atoms with E-state index in [2.05, 4.69) is 10.4 Å². The van der Waals surface area contributed by atoms with Gasteiger partial charge in [0.15, 0.2) is 11.4 Å². The van der Waals surface area contributed by atoms with Crippen molar-refractivity contribution in [1.29, 1.82) is 0 Å². The minimum absolute atomic E-state index is 0.276. The van der Waals surface area contributed by atoms with Crippen molar-refractivity contribution < 1.29 is 14.6 Å². The monoisotopic (exact) mass is 380 g/mol. The minimum atomic E-state index is -0.640. The maximum absolute atomic E-state index is 12.6. The van der Waals surface area contributed by atoms with Crippen LogP contribution in [0.15, 0.2) is 59.4 Å². The largest absolute Gasteiger partial charge is 0.505 e. The summed E-state index contributed by atoms with van der Waals surface area (Å²) < 4.78 is 6.26. The zero-order valence-electron chi connectivity index (χ0n) is 15.7. The molecule has 0 saturated heterocycles. The molecule has 0 unspecified atom stereocenters. The molecule has 0 aliphatic carbocycles. The van der Waals surface area contributed by atoms with E-state index in [1.54, 1.807) is 36.4 Å². The van der Waals surface area contributed by atoms with Gasteiger partial charge in [0.25, 0.3) is 11.5 Å². The minimum Gasteiger partial charge on any atom is -0.505 e. The molecule has 0 saturated carbocycles. The van der Waals surface area contributed by atoms with Crippen molar-refractivity contribution in [3.63, 3.8) is 0 Å². The van der Waals surface area contributed by atoms with Crippen LogP contribution >= 0.6 is 0 Å². The third kappa shape index (κ3) is 3.80. The van der Waals surface area contributed by atoms with Crippen LogP contribution in [0.3, 0.4) is 0 Å². The number of methoxy groups -OCH3 is 1. The Morgan fingerprint density at radius 1 is 1.14 bits per heavy atom. The standard InChI is InChI=1S/C20H20N4O4/c1-23(2)14-10-8-13(9-11-14)21-20(27)19-16(25)12-18(26)24(22-19)15-6-4-5-7-17(15)28-3/h4-12,25H,1-3H3,(H,21,27). The summed E-state index contributed by atoms with van der Waals surface area (Å²) in [6.07, 6.45) is 0. The van der Waals surface area contributed by atoms with Gasteiger partial charge in [-0.1, -0.05) is 12.1 Å². The molecule has 8 nitrogen and oxygen atoms in total. The number of rotatable bonds is 5. The molecule has 1 aromatic heterocycles. The summed E-state index contributed by atoms with van der Waals surface area (Å²) >= 11 is 0. The van der Waals surface area contributed by atoms with Gasteiger partial charge in [-0.25, -0.2) is 0 Å². The number of hydrogen-bond acceptors (Lipinski definition) is 6. The van der Waals surface area contributed by atoms with Gasteiger partial charge in [0, 0.05) is 31.5 Å². The van der Waals surface area contributed by atoms with E-state index in [1.807, 2.05) is 31.1 Å². The Morgan fingerprint density at radius 3 is 2.46 bits per heavy atom. The first kappa shape index (κ1) is 19.0. The number of anilines is 2. The van der Waals surface area contributed by atoms with Crippen LogP contribution in [0.1, 0.15) is 10.5 Å². The zero-order valence-corrected chi connectivity index (χ0v) is 15.7. The number of para-hydroxylation sites is 2. The van der Waals surface area contributed by atoms with Gasteiger partial charge in [0.05, 0.1) is 7.11 Å². The Kier molecular flexibility index (Phi) is 5.30. The predicted octanol–water partition coefficient (Wildman–Crippen LogP) is 2.26. The molecule has 0 bridgehead atoms. The number of aromatic hydroxyl groups is 1. The zero-order chi connectivity index (χ0) is 20.3. The number of carbonyl (C=O) groups excluding carboxylic acids is 1. The highest BCUT2D eigenvalue weighted by Gasteiger charge is 2.18. The number of hydrogen-bond donors (Lipinski definition) is 2. The first-order valence-corrected chi connectivity index (χ1v) is 8.46. The highest BCUT2D eigenvalue weighted by Crippen LogP contribution is 2.22. The van der Waals surface area contributed by atoms with Crippen LogP contribution in [-0.2, 0) is 0 Å². The van der Waals surface area contributed by atoms with Gasteiger partial charge in [-0.05, 0) is 36.4 Å². The van der Waals surface area contributed by atoms with E-state index in [-0.39, 0.29) is 5.69 Å². The van der Waals surface area contributed by atoms with E-state index in [1.165, 1.54) is 7.11 Å². The fourth-order valence-electron chi connectivity index (χ4n) is 2.62. The summed E-state index contributed by atoms with van der Waals surface area (Å²) in [5.74, 6) is -0.731. The highest BCUT2D eigenvalue weighted by atomic mass is 16.5. The molecular weight excluding hydrogens is 360 g/mol. The fourth-order valence-corrected chi connectivity index (χ4v) is 2.62. The number of aromatic nitrogens is 2. The third-order valence-corrected chi connectivity index (χ3v) is 4.08. The van der Waals surface area contributed by atoms with E-state index in [0.717, 1.165) is 16.4 Å². The van der Waals surface area contributed by atoms with Crippen molar-refractivity contribution in [2.45, 2.75) is 0 Å². The normalized spacial score (nSPS) is 10.4. The third-order valence-electron chi connectivity index (χ3n) is 4.08. The van der Waals surface area contributed by atoms with E-state index in [4.69, 9.17) is 4.74 Å². The number of benzene rings is 2. The van der Waals surface area contributed by atoms with Crippen molar-refractivity contribution in [3.05, 3.63) is 70.6 Å². The molecule has 0 fully saturated rings. The van der Waals surface area contributed by atoms with Crippen LogP contribution in [0.2, 0.25) is 0 Å². The second-order valence-electron chi connectivity index (χ2n) is 6.20. The van der Waals surface area contributed by atoms with Gasteiger partial charge in [0.2, 0.25) is 0 Å². The van der Waals surface area contributed by atoms with E-state index in [9.17, 15) is 14.7 Å². The van der Waals surface area contributed by atoms with Crippen molar-refractivity contribution in [1.82, 2.24) is 9.78 Å². The summed E-state index contributed by atoms with van der Waals surface area (Å²) in [7, 11) is 5.29. The first-order chi connectivity index (χ1) is 13.4. The molecule has 3 rings (SSSR count). The molecule has 0 aliphatic rings. The highest BCUT2D eigenvalue weighted by molar-refractivity contribution is 6.04. The Hall–Kier alpha value is -3.81. The molecule has 0 radical (unpaired) electrons. The summed E-state index contributed by atoms with van der Waals surface area (Å²) in [6.45, 7) is 0. The van der Waals surface area contributed by atoms with Gasteiger partial charge in [-0.3, -0.25) is 9.59 Å². The molecular formula is C20H20N4O4. The van der Waals surface area contributed by atoms with Crippen LogP contribution in [0.5, 0.6) is 11.5 Å². The van der Waals surface area contributed by atoms with Crippen molar-refractivity contribution in [2.75, 3.05) is 31.4 Å². The van der Waals surface area contributed by atoms with E-state index >= 15 is 0 Å². The summed E-state index contributed by atoms with van der Waals surface area (Å²) in [6, 6.07) is 14.9. The number of amides is 1. The molecule has 2 aromatic carbocycles. The number of carbonyl (C=O) groups is 1. The lowest BCUT2D eigenvalue weighted by Crippen LogP contribution is -2.25. The van der Waals surface area contributed by atoms with Crippen LogP contribution in [-0.4, -0.2) is 42.0 Å². The molecule has 0 atom stereocenters. The molecule has 2 N–H and O–H groups in total. The van der Waals surface area contributed by atoms with Crippen LogP contribution in [0.4, 0.5) is 11.4 Å². The average Bonchev–Trinajstić information content (AvgIpc) is 2.68. The predicted molar refractivity (Wildman–Crippen MR) is 107 cm³/mol. The van der Waals surface area contributed by atoms with Crippen LogP contribution in [0, 0.1) is 0 Å². The average molecular weight is 380 g/mol. The first-order valence-electron chi connectivity index (χ1n) is 8.46. The van der Waals surface area contributed by atoms with E-state index in [0.29, 0.717) is 17.1 Å². The van der Waals surface area contributed by atoms with Crippen molar-refractivity contribution in [2.24, 2.45) is 0 Å². The molecule has 0 spiro atoms. The Balaban J connectivity index is 1.95. The number of nitrogens with one attached hydrogen (secondary N) is 1. The van der Waals surface area contributed by atoms with Gasteiger partial charge in [0.1, 0.15) is 11.4 Å². The fraction of sp³-hybridized carbons (Fsp3) is 0.150. The van der Waals surface area contributed by atoms with Crippen molar-refractivity contribution >= 4 is 17.3 Å². The van der Waals surface area contributed by atoms with Crippen LogP contribution in [0.25, 0.3) is 5.69 Å². The molecule has 1 amide bonds. The quantitative estimate of drug-likeness (QED) is 0.705. The number of nitrogens with zero attached hydrogens (tertiary/aromatic N) is 3. The van der Waals surface area contributed by atoms with Gasteiger partial charge in [-0.15, -0.1) is 0 Å². The molecule has 8 heteroatoms. The molecule has 3 aromatic rings. The topological polar surface area (TPSA) is 96.7 Å². The lowest BCUT2D eigenvalue weighted by Gasteiger charge is -2.14. The summed E-state index contributed by atoms with van der Waals surface area (Å²) in [5, 5.41) is 16.8. The molecule has 1 heterocycles. The Bertz CT molecular complexity index is 1060. The number of ether oxygens (including phenoxy) is 1. The van der Waals surface area contributed by atoms with Gasteiger partial charge < -0.3 is 20.1 Å². The maximum atomic E-state index is 12.6. The molecule has 0 aliphatic heterocycles. The smallest absolute Gasteiger partial charge is 0.279 e. The Morgan fingerprint density at radius 2 is 1.82 bits per heavy atom. The molecule has 28 heavy (non-hydrogen) atoms. The van der Waals surface area contributed by atoms with Gasteiger partial charge in [-0.2, -0.15) is 9.78 Å². The van der Waals surface area contributed by atoms with Crippen molar-refractivity contribution in [3.8, 4) is 17.2 Å². The van der Waals surface area contributed by atoms with E-state index < -0.39 is 17.2 Å². The van der Waals surface area contributed by atoms with Gasteiger partial charge >= 0.3 is 0 Å².